The van der Waals surface area contributed by atoms with Gasteiger partial charge in [0.1, 0.15) is 0 Å². The van der Waals surface area contributed by atoms with E-state index in [9.17, 15) is 13.2 Å². The van der Waals surface area contributed by atoms with Gasteiger partial charge in [-0.15, -0.1) is 0 Å². The smallest absolute Gasteiger partial charge is 0.308 e. The first kappa shape index (κ1) is 14.1. The fourth-order valence-electron chi connectivity index (χ4n) is 2.84. The van der Waals surface area contributed by atoms with Crippen molar-refractivity contribution in [3.05, 3.63) is 23.0 Å². The average Bonchev–Trinajstić information content (AvgIpc) is 2.90. The molecule has 1 atom stereocenters. The predicted molar refractivity (Wildman–Crippen MR) is 70.5 cm³/mol. The normalized spacial score (nSPS) is 18.9. The molecule has 0 fully saturated rings. The predicted octanol–water partition coefficient (Wildman–Crippen LogP) is 2.05. The highest BCUT2D eigenvalue weighted by molar-refractivity contribution is 5.62. The van der Waals surface area contributed by atoms with Crippen molar-refractivity contribution in [2.75, 3.05) is 6.54 Å². The maximum absolute atomic E-state index is 12.8. The molecule has 0 aliphatic carbocycles. The Morgan fingerprint density at radius 3 is 2.57 bits per heavy atom. The molecule has 0 amide bonds. The Bertz CT molecular complexity index is 683. The summed E-state index contributed by atoms with van der Waals surface area (Å²) in [7, 11) is 3.27. The van der Waals surface area contributed by atoms with E-state index in [-0.39, 0.29) is 6.04 Å². The van der Waals surface area contributed by atoms with Crippen LogP contribution in [0.4, 0.5) is 13.2 Å². The lowest BCUT2D eigenvalue weighted by atomic mass is 9.99. The second-order valence-corrected chi connectivity index (χ2v) is 5.30. The molecule has 0 bridgehead atoms. The van der Waals surface area contributed by atoms with Gasteiger partial charge in [-0.1, -0.05) is 0 Å². The van der Waals surface area contributed by atoms with Crippen molar-refractivity contribution in [3.8, 4) is 11.4 Å². The Balaban J connectivity index is 2.16. The molecule has 1 aliphatic rings. The van der Waals surface area contributed by atoms with E-state index in [0.29, 0.717) is 11.4 Å². The van der Waals surface area contributed by atoms with Crippen LogP contribution >= 0.6 is 0 Å². The van der Waals surface area contributed by atoms with Gasteiger partial charge in [-0.05, 0) is 26.0 Å². The highest BCUT2D eigenvalue weighted by atomic mass is 19.4. The van der Waals surface area contributed by atoms with Crippen LogP contribution in [0.1, 0.15) is 29.9 Å². The van der Waals surface area contributed by atoms with E-state index >= 15 is 0 Å². The highest BCUT2D eigenvalue weighted by Crippen LogP contribution is 2.35. The van der Waals surface area contributed by atoms with Gasteiger partial charge in [0.05, 0.1) is 17.1 Å². The third kappa shape index (κ3) is 2.23. The zero-order valence-electron chi connectivity index (χ0n) is 12.0. The Hall–Kier alpha value is -1.83. The number of rotatable bonds is 1. The van der Waals surface area contributed by atoms with Crippen molar-refractivity contribution in [3.63, 3.8) is 0 Å². The summed E-state index contributed by atoms with van der Waals surface area (Å²) in [5, 5.41) is 11.3. The minimum Gasteiger partial charge on any atom is -0.308 e. The van der Waals surface area contributed by atoms with E-state index in [1.807, 2.05) is 6.92 Å². The monoisotopic (exact) mass is 299 g/mol. The summed E-state index contributed by atoms with van der Waals surface area (Å²) in [6.45, 7) is 2.79. The Morgan fingerprint density at radius 2 is 1.95 bits per heavy atom. The topological polar surface area (TPSA) is 47.7 Å². The first-order valence-corrected chi connectivity index (χ1v) is 6.69. The second kappa shape index (κ2) is 4.59. The van der Waals surface area contributed by atoms with Crippen LogP contribution in [0.2, 0.25) is 0 Å². The standard InChI is InChI=1S/C13H16F3N5/c1-7-11-8(4-5-17-7)12(21(3)19-11)9-6-10(13(14,15)16)18-20(9)2/h6-7,17H,4-5H2,1-3H3/t7-/m0/s1. The summed E-state index contributed by atoms with van der Waals surface area (Å²) in [6.07, 6.45) is -3.70. The van der Waals surface area contributed by atoms with Crippen molar-refractivity contribution < 1.29 is 13.2 Å². The first-order chi connectivity index (χ1) is 9.79. The van der Waals surface area contributed by atoms with Crippen molar-refractivity contribution in [1.29, 1.82) is 0 Å². The molecule has 0 saturated heterocycles. The van der Waals surface area contributed by atoms with Gasteiger partial charge in [0.25, 0.3) is 0 Å². The van der Waals surface area contributed by atoms with Crippen LogP contribution in [0.15, 0.2) is 6.07 Å². The van der Waals surface area contributed by atoms with Crippen molar-refractivity contribution >= 4 is 0 Å². The van der Waals surface area contributed by atoms with Crippen LogP contribution in [0.25, 0.3) is 11.4 Å². The first-order valence-electron chi connectivity index (χ1n) is 6.69. The lowest BCUT2D eigenvalue weighted by Crippen LogP contribution is -2.27. The van der Waals surface area contributed by atoms with E-state index < -0.39 is 11.9 Å². The van der Waals surface area contributed by atoms with E-state index in [4.69, 9.17) is 0 Å². The van der Waals surface area contributed by atoms with Crippen LogP contribution < -0.4 is 5.32 Å². The number of fused-ring (bicyclic) bond motifs is 1. The van der Waals surface area contributed by atoms with Crippen LogP contribution in [0, 0.1) is 0 Å². The van der Waals surface area contributed by atoms with Gasteiger partial charge in [0, 0.05) is 25.7 Å². The maximum Gasteiger partial charge on any atom is 0.435 e. The summed E-state index contributed by atoms with van der Waals surface area (Å²) >= 11 is 0. The van der Waals surface area contributed by atoms with Gasteiger partial charge >= 0.3 is 6.18 Å². The summed E-state index contributed by atoms with van der Waals surface area (Å²) in [6, 6.07) is 1.19. The lowest BCUT2D eigenvalue weighted by Gasteiger charge is -2.19. The molecule has 5 nitrogen and oxygen atoms in total. The van der Waals surface area contributed by atoms with Crippen LogP contribution in [-0.4, -0.2) is 26.1 Å². The molecular weight excluding hydrogens is 283 g/mol. The van der Waals surface area contributed by atoms with E-state index in [2.05, 4.69) is 15.5 Å². The van der Waals surface area contributed by atoms with E-state index in [0.717, 1.165) is 30.3 Å². The molecule has 1 aliphatic heterocycles. The molecule has 0 saturated carbocycles. The van der Waals surface area contributed by atoms with Gasteiger partial charge in [-0.3, -0.25) is 9.36 Å². The van der Waals surface area contributed by atoms with Crippen molar-refractivity contribution in [2.45, 2.75) is 25.6 Å². The second-order valence-electron chi connectivity index (χ2n) is 5.30. The largest absolute Gasteiger partial charge is 0.435 e. The van der Waals surface area contributed by atoms with Crippen molar-refractivity contribution in [1.82, 2.24) is 24.9 Å². The van der Waals surface area contributed by atoms with Crippen LogP contribution in [-0.2, 0) is 26.7 Å². The number of alkyl halides is 3. The molecule has 8 heteroatoms. The van der Waals surface area contributed by atoms with Gasteiger partial charge < -0.3 is 5.32 Å². The molecule has 114 valence electrons. The van der Waals surface area contributed by atoms with Gasteiger partial charge in [-0.25, -0.2) is 0 Å². The average molecular weight is 299 g/mol. The molecule has 2 aromatic heterocycles. The number of halogens is 3. The minimum atomic E-state index is -4.44. The molecule has 21 heavy (non-hydrogen) atoms. The molecule has 0 spiro atoms. The molecule has 0 aromatic carbocycles. The fraction of sp³-hybridized carbons (Fsp3) is 0.538. The molecular formula is C13H16F3N5. The summed E-state index contributed by atoms with van der Waals surface area (Å²) in [5.41, 5.74) is 2.17. The molecule has 1 N–H and O–H groups in total. The lowest BCUT2D eigenvalue weighted by molar-refractivity contribution is -0.141. The van der Waals surface area contributed by atoms with E-state index in [1.165, 1.54) is 11.7 Å². The van der Waals surface area contributed by atoms with Gasteiger partial charge in [-0.2, -0.15) is 23.4 Å². The highest BCUT2D eigenvalue weighted by Gasteiger charge is 2.36. The third-order valence-electron chi connectivity index (χ3n) is 3.82. The third-order valence-corrected chi connectivity index (χ3v) is 3.82. The Labute approximate surface area is 119 Å². The SMILES string of the molecule is C[C@@H]1NCCc2c1nn(C)c2-c1cc(C(F)(F)F)nn1C. The minimum absolute atomic E-state index is 0.101. The zero-order chi connectivity index (χ0) is 15.4. The Kier molecular flexibility index (Phi) is 3.09. The van der Waals surface area contributed by atoms with Gasteiger partial charge in [0.15, 0.2) is 5.69 Å². The van der Waals surface area contributed by atoms with E-state index in [1.54, 1.807) is 11.7 Å². The molecule has 0 unspecified atom stereocenters. The maximum atomic E-state index is 12.8. The van der Waals surface area contributed by atoms with Crippen LogP contribution in [0.5, 0.6) is 0 Å². The number of nitrogens with zero attached hydrogens (tertiary/aromatic N) is 4. The molecule has 2 aromatic rings. The number of aromatic nitrogens is 4. The fourth-order valence-corrected chi connectivity index (χ4v) is 2.84. The Morgan fingerprint density at radius 1 is 1.24 bits per heavy atom. The number of hydrogen-bond acceptors (Lipinski definition) is 3. The quantitative estimate of drug-likeness (QED) is 0.876. The molecule has 3 rings (SSSR count). The zero-order valence-corrected chi connectivity index (χ0v) is 12.0. The summed E-state index contributed by atoms with van der Waals surface area (Å²) in [4.78, 5) is 0. The number of hydrogen-bond donors (Lipinski definition) is 1. The van der Waals surface area contributed by atoms with Crippen molar-refractivity contribution in [2.24, 2.45) is 14.1 Å². The number of nitrogens with one attached hydrogen (secondary N) is 1. The molecule has 0 radical (unpaired) electrons. The summed E-state index contributed by atoms with van der Waals surface area (Å²) in [5.74, 6) is 0. The summed E-state index contributed by atoms with van der Waals surface area (Å²) < 4.78 is 41.4. The molecule has 3 heterocycles. The van der Waals surface area contributed by atoms with Gasteiger partial charge in [0.2, 0.25) is 0 Å². The van der Waals surface area contributed by atoms with Crippen LogP contribution in [0.3, 0.4) is 0 Å². The number of aryl methyl sites for hydroxylation is 2.